The highest BCUT2D eigenvalue weighted by Crippen LogP contribution is 2.33. The lowest BCUT2D eigenvalue weighted by Gasteiger charge is -2.36. The molecule has 0 atom stereocenters. The summed E-state index contributed by atoms with van der Waals surface area (Å²) >= 11 is 0. The summed E-state index contributed by atoms with van der Waals surface area (Å²) in [6, 6.07) is 19.7. The molecule has 5 rings (SSSR count). The minimum atomic E-state index is -0.414. The predicted octanol–water partition coefficient (Wildman–Crippen LogP) is 4.94. The molecule has 1 N–H and O–H groups in total. The van der Waals surface area contributed by atoms with Gasteiger partial charge in [0, 0.05) is 38.1 Å². The van der Waals surface area contributed by atoms with Crippen molar-refractivity contribution in [1.82, 2.24) is 4.90 Å². The van der Waals surface area contributed by atoms with Crippen molar-refractivity contribution in [3.05, 3.63) is 94.1 Å². The van der Waals surface area contributed by atoms with E-state index in [1.54, 1.807) is 24.3 Å². The van der Waals surface area contributed by atoms with Crippen LogP contribution in [0.3, 0.4) is 0 Å². The van der Waals surface area contributed by atoms with Gasteiger partial charge in [-0.1, -0.05) is 42.5 Å². The van der Waals surface area contributed by atoms with Gasteiger partial charge in [0.15, 0.2) is 0 Å². The van der Waals surface area contributed by atoms with Gasteiger partial charge in [0.1, 0.15) is 17.1 Å². The molecule has 33 heavy (non-hydrogen) atoms. The molecule has 2 heterocycles. The first-order chi connectivity index (χ1) is 16.0. The summed E-state index contributed by atoms with van der Waals surface area (Å²) in [5, 5.41) is 11.4. The quantitative estimate of drug-likeness (QED) is 0.452. The normalized spacial score (nSPS) is 14.7. The molecule has 1 aromatic heterocycles. The molecule has 1 aliphatic rings. The van der Waals surface area contributed by atoms with Crippen molar-refractivity contribution >= 4 is 16.7 Å². The van der Waals surface area contributed by atoms with Crippen LogP contribution in [0.4, 0.5) is 10.1 Å². The Labute approximate surface area is 191 Å². The van der Waals surface area contributed by atoms with Crippen molar-refractivity contribution < 1.29 is 13.9 Å². The standard InChI is InChI=1S/C27H25FN2O3/c1-18-20-11-12-24(31)21(26(20)33-27(32)25(18)19-7-3-2-4-8-19)17-29-13-15-30(16-14-29)23-10-6-5-9-22(23)28/h2-12,31H,13-17H2,1H3. The first-order valence-corrected chi connectivity index (χ1v) is 11.1. The Balaban J connectivity index is 1.44. The van der Waals surface area contributed by atoms with Gasteiger partial charge in [-0.05, 0) is 42.3 Å². The number of hydrogen-bond acceptors (Lipinski definition) is 5. The van der Waals surface area contributed by atoms with Crippen molar-refractivity contribution in [2.24, 2.45) is 0 Å². The highest BCUT2D eigenvalue weighted by molar-refractivity contribution is 5.89. The van der Waals surface area contributed by atoms with Crippen LogP contribution in [0.5, 0.6) is 5.75 Å². The number of piperazine rings is 1. The van der Waals surface area contributed by atoms with Crippen molar-refractivity contribution in [2.45, 2.75) is 13.5 Å². The van der Waals surface area contributed by atoms with E-state index in [9.17, 15) is 14.3 Å². The number of anilines is 1. The Morgan fingerprint density at radius 1 is 0.939 bits per heavy atom. The third-order valence-corrected chi connectivity index (χ3v) is 6.42. The van der Waals surface area contributed by atoms with Gasteiger partial charge in [-0.2, -0.15) is 0 Å². The van der Waals surface area contributed by atoms with E-state index < -0.39 is 5.63 Å². The minimum absolute atomic E-state index is 0.106. The first kappa shape index (κ1) is 21.2. The number of nitrogens with zero attached hydrogens (tertiary/aromatic N) is 2. The topological polar surface area (TPSA) is 56.9 Å². The molecule has 1 aliphatic heterocycles. The second-order valence-corrected chi connectivity index (χ2v) is 8.41. The molecular formula is C27H25FN2O3. The number of phenolic OH excluding ortho intramolecular Hbond substituents is 1. The van der Waals surface area contributed by atoms with Gasteiger partial charge in [-0.3, -0.25) is 4.90 Å². The van der Waals surface area contributed by atoms with E-state index in [0.29, 0.717) is 55.1 Å². The lowest BCUT2D eigenvalue weighted by Crippen LogP contribution is -2.46. The summed E-state index contributed by atoms with van der Waals surface area (Å²) in [5.74, 6) is -0.113. The SMILES string of the molecule is Cc1c(-c2ccccc2)c(=O)oc2c(CN3CCN(c4ccccc4F)CC3)c(O)ccc12. The summed E-state index contributed by atoms with van der Waals surface area (Å²) in [6.07, 6.45) is 0. The minimum Gasteiger partial charge on any atom is -0.507 e. The molecule has 5 nitrogen and oxygen atoms in total. The summed E-state index contributed by atoms with van der Waals surface area (Å²) in [7, 11) is 0. The zero-order valence-corrected chi connectivity index (χ0v) is 18.4. The third kappa shape index (κ3) is 3.98. The zero-order valence-electron chi connectivity index (χ0n) is 18.4. The van der Waals surface area contributed by atoms with Gasteiger partial charge < -0.3 is 14.4 Å². The van der Waals surface area contributed by atoms with Crippen LogP contribution in [0.1, 0.15) is 11.1 Å². The van der Waals surface area contributed by atoms with E-state index in [-0.39, 0.29) is 11.6 Å². The van der Waals surface area contributed by atoms with Crippen LogP contribution in [0.15, 0.2) is 75.9 Å². The molecular weight excluding hydrogens is 419 g/mol. The second kappa shape index (κ2) is 8.71. The molecule has 4 aromatic rings. The maximum absolute atomic E-state index is 14.1. The fourth-order valence-corrected chi connectivity index (χ4v) is 4.63. The van der Waals surface area contributed by atoms with E-state index in [2.05, 4.69) is 4.90 Å². The third-order valence-electron chi connectivity index (χ3n) is 6.42. The molecule has 1 fully saturated rings. The van der Waals surface area contributed by atoms with Crippen LogP contribution in [0.2, 0.25) is 0 Å². The van der Waals surface area contributed by atoms with E-state index in [1.807, 2.05) is 48.2 Å². The van der Waals surface area contributed by atoms with Crippen molar-refractivity contribution in [2.75, 3.05) is 31.1 Å². The fourth-order valence-electron chi connectivity index (χ4n) is 4.63. The average molecular weight is 445 g/mol. The molecule has 0 radical (unpaired) electrons. The largest absolute Gasteiger partial charge is 0.507 e. The molecule has 3 aromatic carbocycles. The summed E-state index contributed by atoms with van der Waals surface area (Å²) < 4.78 is 19.9. The predicted molar refractivity (Wildman–Crippen MR) is 128 cm³/mol. The molecule has 168 valence electrons. The number of rotatable bonds is 4. The Hall–Kier alpha value is -3.64. The van der Waals surface area contributed by atoms with E-state index in [1.165, 1.54) is 6.07 Å². The van der Waals surface area contributed by atoms with Crippen LogP contribution >= 0.6 is 0 Å². The molecule has 0 saturated carbocycles. The fraction of sp³-hybridized carbons (Fsp3) is 0.222. The van der Waals surface area contributed by atoms with Crippen molar-refractivity contribution in [3.63, 3.8) is 0 Å². The smallest absolute Gasteiger partial charge is 0.344 e. The van der Waals surface area contributed by atoms with E-state index in [0.717, 1.165) is 16.5 Å². The number of aryl methyl sites for hydroxylation is 1. The van der Waals surface area contributed by atoms with Crippen LogP contribution in [0.25, 0.3) is 22.1 Å². The number of aromatic hydroxyl groups is 1. The maximum Gasteiger partial charge on any atom is 0.344 e. The number of halogens is 1. The monoisotopic (exact) mass is 444 g/mol. The van der Waals surface area contributed by atoms with Crippen molar-refractivity contribution in [1.29, 1.82) is 0 Å². The van der Waals surface area contributed by atoms with Crippen molar-refractivity contribution in [3.8, 4) is 16.9 Å². The highest BCUT2D eigenvalue weighted by Gasteiger charge is 2.23. The lowest BCUT2D eigenvalue weighted by molar-refractivity contribution is 0.246. The second-order valence-electron chi connectivity index (χ2n) is 8.41. The number of benzene rings is 3. The van der Waals surface area contributed by atoms with Crippen LogP contribution in [0, 0.1) is 12.7 Å². The first-order valence-electron chi connectivity index (χ1n) is 11.1. The van der Waals surface area contributed by atoms with Gasteiger partial charge in [-0.15, -0.1) is 0 Å². The molecule has 1 saturated heterocycles. The maximum atomic E-state index is 14.1. The molecule has 0 amide bonds. The van der Waals surface area contributed by atoms with Gasteiger partial charge in [0.05, 0.1) is 16.8 Å². The molecule has 0 aliphatic carbocycles. The Kier molecular flexibility index (Phi) is 5.60. The Morgan fingerprint density at radius 3 is 2.36 bits per heavy atom. The van der Waals surface area contributed by atoms with Gasteiger partial charge in [0.25, 0.3) is 0 Å². The summed E-state index contributed by atoms with van der Waals surface area (Å²) in [4.78, 5) is 17.2. The zero-order chi connectivity index (χ0) is 22.9. The molecule has 0 unspecified atom stereocenters. The molecule has 0 spiro atoms. The van der Waals surface area contributed by atoms with Gasteiger partial charge >= 0.3 is 5.63 Å². The van der Waals surface area contributed by atoms with E-state index in [4.69, 9.17) is 4.42 Å². The summed E-state index contributed by atoms with van der Waals surface area (Å²) in [6.45, 7) is 5.11. The molecule has 6 heteroatoms. The lowest BCUT2D eigenvalue weighted by atomic mass is 9.98. The number of phenols is 1. The van der Waals surface area contributed by atoms with Crippen LogP contribution in [-0.2, 0) is 6.54 Å². The van der Waals surface area contributed by atoms with Crippen LogP contribution < -0.4 is 10.5 Å². The summed E-state index contributed by atoms with van der Waals surface area (Å²) in [5.41, 5.74) is 3.41. The molecule has 0 bridgehead atoms. The number of fused-ring (bicyclic) bond motifs is 1. The number of hydrogen-bond donors (Lipinski definition) is 1. The highest BCUT2D eigenvalue weighted by atomic mass is 19.1. The van der Waals surface area contributed by atoms with Gasteiger partial charge in [0.2, 0.25) is 0 Å². The Bertz CT molecular complexity index is 1360. The Morgan fingerprint density at radius 2 is 1.64 bits per heavy atom. The number of para-hydroxylation sites is 1. The average Bonchev–Trinajstić information content (AvgIpc) is 2.83. The van der Waals surface area contributed by atoms with E-state index >= 15 is 0 Å². The van der Waals surface area contributed by atoms with Gasteiger partial charge in [-0.25, -0.2) is 9.18 Å². The van der Waals surface area contributed by atoms with Crippen LogP contribution in [-0.4, -0.2) is 36.2 Å².